The standard InChI is InChI=1S/C20H18N2O3S/c1-13(25-20(24)16-10-6-12-21-19(16)26-2)18(23)22-17-11-5-8-14-7-3-4-9-15(14)17/h3-13H,1-2H3,(H,22,23). The minimum atomic E-state index is -0.934. The van der Waals surface area contributed by atoms with Gasteiger partial charge >= 0.3 is 5.97 Å². The van der Waals surface area contributed by atoms with Crippen LogP contribution < -0.4 is 5.32 Å². The maximum Gasteiger partial charge on any atom is 0.341 e. The first-order chi connectivity index (χ1) is 12.6. The second kappa shape index (κ2) is 8.01. The number of esters is 1. The predicted molar refractivity (Wildman–Crippen MR) is 103 cm³/mol. The molecule has 0 bridgehead atoms. The summed E-state index contributed by atoms with van der Waals surface area (Å²) in [7, 11) is 0. The van der Waals surface area contributed by atoms with Crippen molar-refractivity contribution >= 4 is 40.1 Å². The van der Waals surface area contributed by atoms with E-state index in [1.54, 1.807) is 25.3 Å². The van der Waals surface area contributed by atoms with Crippen LogP contribution in [0, 0.1) is 0 Å². The highest BCUT2D eigenvalue weighted by Crippen LogP contribution is 2.23. The molecule has 2 aromatic carbocycles. The van der Waals surface area contributed by atoms with Crippen LogP contribution >= 0.6 is 11.8 Å². The fourth-order valence-electron chi connectivity index (χ4n) is 2.56. The van der Waals surface area contributed by atoms with Gasteiger partial charge in [-0.2, -0.15) is 0 Å². The SMILES string of the molecule is CSc1ncccc1C(=O)OC(C)C(=O)Nc1cccc2ccccc12. The molecule has 3 rings (SSSR count). The second-order valence-electron chi connectivity index (χ2n) is 5.62. The molecule has 5 nitrogen and oxygen atoms in total. The van der Waals surface area contributed by atoms with Crippen molar-refractivity contribution < 1.29 is 14.3 Å². The summed E-state index contributed by atoms with van der Waals surface area (Å²) in [5.74, 6) is -0.952. The molecule has 3 aromatic rings. The third kappa shape index (κ3) is 3.86. The van der Waals surface area contributed by atoms with Crippen molar-refractivity contribution in [1.82, 2.24) is 4.98 Å². The zero-order valence-electron chi connectivity index (χ0n) is 14.4. The lowest BCUT2D eigenvalue weighted by atomic mass is 10.1. The first-order valence-electron chi connectivity index (χ1n) is 8.08. The average Bonchev–Trinajstić information content (AvgIpc) is 2.68. The lowest BCUT2D eigenvalue weighted by molar-refractivity contribution is -0.123. The second-order valence-corrected chi connectivity index (χ2v) is 6.42. The largest absolute Gasteiger partial charge is 0.449 e. The highest BCUT2D eigenvalue weighted by Gasteiger charge is 2.21. The lowest BCUT2D eigenvalue weighted by Crippen LogP contribution is -2.30. The maximum absolute atomic E-state index is 12.5. The Bertz CT molecular complexity index is 953. The molecule has 132 valence electrons. The van der Waals surface area contributed by atoms with Crippen LogP contribution in [0.1, 0.15) is 17.3 Å². The molecule has 0 aliphatic carbocycles. The van der Waals surface area contributed by atoms with E-state index in [4.69, 9.17) is 4.74 Å². The first kappa shape index (κ1) is 17.9. The highest BCUT2D eigenvalue weighted by atomic mass is 32.2. The van der Waals surface area contributed by atoms with E-state index in [-0.39, 0.29) is 5.91 Å². The Labute approximate surface area is 155 Å². The van der Waals surface area contributed by atoms with Crippen LogP contribution in [-0.2, 0) is 9.53 Å². The molecule has 0 aliphatic heterocycles. The third-order valence-corrected chi connectivity index (χ3v) is 4.60. The van der Waals surface area contributed by atoms with Gasteiger partial charge in [0.05, 0.1) is 5.56 Å². The fraction of sp³-hybridized carbons (Fsp3) is 0.150. The Balaban J connectivity index is 1.72. The number of rotatable bonds is 5. The van der Waals surface area contributed by atoms with E-state index in [1.807, 2.05) is 48.7 Å². The first-order valence-corrected chi connectivity index (χ1v) is 9.31. The number of ether oxygens (including phenoxy) is 1. The van der Waals surface area contributed by atoms with E-state index in [1.165, 1.54) is 11.8 Å². The van der Waals surface area contributed by atoms with Crippen molar-refractivity contribution in [3.63, 3.8) is 0 Å². The van der Waals surface area contributed by atoms with Gasteiger partial charge in [-0.25, -0.2) is 9.78 Å². The molecular weight excluding hydrogens is 348 g/mol. The molecule has 0 saturated heterocycles. The van der Waals surface area contributed by atoms with Crippen molar-refractivity contribution in [1.29, 1.82) is 0 Å². The van der Waals surface area contributed by atoms with Gasteiger partial charge in [-0.05, 0) is 36.8 Å². The van der Waals surface area contributed by atoms with Gasteiger partial charge in [0.2, 0.25) is 0 Å². The van der Waals surface area contributed by atoms with E-state index in [0.29, 0.717) is 16.3 Å². The number of benzene rings is 2. The van der Waals surface area contributed by atoms with Gasteiger partial charge < -0.3 is 10.1 Å². The Morgan fingerprint density at radius 3 is 2.65 bits per heavy atom. The van der Waals surface area contributed by atoms with Crippen LogP contribution in [0.15, 0.2) is 65.8 Å². The Morgan fingerprint density at radius 1 is 1.08 bits per heavy atom. The molecule has 1 atom stereocenters. The van der Waals surface area contributed by atoms with Crippen molar-refractivity contribution in [2.75, 3.05) is 11.6 Å². The van der Waals surface area contributed by atoms with Crippen LogP contribution in [0.3, 0.4) is 0 Å². The van der Waals surface area contributed by atoms with E-state index in [9.17, 15) is 9.59 Å². The average molecular weight is 366 g/mol. The summed E-state index contributed by atoms with van der Waals surface area (Å²) in [5, 5.41) is 5.35. The topological polar surface area (TPSA) is 68.3 Å². The normalized spacial score (nSPS) is 11.8. The minimum absolute atomic E-state index is 0.352. The van der Waals surface area contributed by atoms with Crippen LogP contribution in [0.2, 0.25) is 0 Å². The Hall–Kier alpha value is -2.86. The van der Waals surface area contributed by atoms with Crippen molar-refractivity contribution in [2.45, 2.75) is 18.1 Å². The van der Waals surface area contributed by atoms with E-state index < -0.39 is 12.1 Å². The fourth-order valence-corrected chi connectivity index (χ4v) is 3.09. The third-order valence-electron chi connectivity index (χ3n) is 3.88. The van der Waals surface area contributed by atoms with Crippen molar-refractivity contribution in [3.8, 4) is 0 Å². The number of carbonyl (C=O) groups excluding carboxylic acids is 2. The molecule has 1 amide bonds. The molecular formula is C20H18N2O3S. The van der Waals surface area contributed by atoms with Crippen molar-refractivity contribution in [2.24, 2.45) is 0 Å². The number of carbonyl (C=O) groups is 2. The van der Waals surface area contributed by atoms with Gasteiger partial charge in [0.1, 0.15) is 5.03 Å². The van der Waals surface area contributed by atoms with Crippen LogP contribution in [-0.4, -0.2) is 29.2 Å². The van der Waals surface area contributed by atoms with E-state index in [2.05, 4.69) is 10.3 Å². The number of fused-ring (bicyclic) bond motifs is 1. The molecule has 0 aliphatic rings. The number of nitrogens with zero attached hydrogens (tertiary/aromatic N) is 1. The molecule has 0 fully saturated rings. The summed E-state index contributed by atoms with van der Waals surface area (Å²) in [5.41, 5.74) is 1.03. The number of amides is 1. The van der Waals surface area contributed by atoms with Gasteiger partial charge in [0.15, 0.2) is 6.10 Å². The molecule has 0 radical (unpaired) electrons. The zero-order chi connectivity index (χ0) is 18.5. The minimum Gasteiger partial charge on any atom is -0.449 e. The van der Waals surface area contributed by atoms with Gasteiger partial charge in [-0.3, -0.25) is 4.79 Å². The monoisotopic (exact) mass is 366 g/mol. The van der Waals surface area contributed by atoms with Crippen LogP contribution in [0.25, 0.3) is 10.8 Å². The number of hydrogen-bond acceptors (Lipinski definition) is 5. The van der Waals surface area contributed by atoms with Crippen molar-refractivity contribution in [3.05, 3.63) is 66.4 Å². The van der Waals surface area contributed by atoms with Gasteiger partial charge in [-0.1, -0.05) is 36.4 Å². The highest BCUT2D eigenvalue weighted by molar-refractivity contribution is 7.98. The summed E-state index contributed by atoms with van der Waals surface area (Å²) in [4.78, 5) is 29.0. The van der Waals surface area contributed by atoms with Crippen LogP contribution in [0.4, 0.5) is 5.69 Å². The molecule has 0 spiro atoms. The van der Waals surface area contributed by atoms with Crippen LogP contribution in [0.5, 0.6) is 0 Å². The zero-order valence-corrected chi connectivity index (χ0v) is 15.2. The summed E-state index contributed by atoms with van der Waals surface area (Å²) in [6.07, 6.45) is 2.51. The van der Waals surface area contributed by atoms with Gasteiger partial charge in [0.25, 0.3) is 5.91 Å². The number of pyridine rings is 1. The van der Waals surface area contributed by atoms with E-state index in [0.717, 1.165) is 10.8 Å². The van der Waals surface area contributed by atoms with E-state index >= 15 is 0 Å². The Morgan fingerprint density at radius 2 is 1.85 bits per heavy atom. The quantitative estimate of drug-likeness (QED) is 0.543. The lowest BCUT2D eigenvalue weighted by Gasteiger charge is -2.15. The molecule has 1 aromatic heterocycles. The maximum atomic E-state index is 12.5. The molecule has 1 unspecified atom stereocenters. The van der Waals surface area contributed by atoms with Gasteiger partial charge in [0, 0.05) is 17.3 Å². The summed E-state index contributed by atoms with van der Waals surface area (Å²) in [6.45, 7) is 1.55. The summed E-state index contributed by atoms with van der Waals surface area (Å²) >= 11 is 1.35. The number of aromatic nitrogens is 1. The summed E-state index contributed by atoms with van der Waals surface area (Å²) < 4.78 is 5.32. The number of nitrogens with one attached hydrogen (secondary N) is 1. The number of thioether (sulfide) groups is 1. The molecule has 1 heterocycles. The van der Waals surface area contributed by atoms with Gasteiger partial charge in [-0.15, -0.1) is 11.8 Å². The number of hydrogen-bond donors (Lipinski definition) is 1. The number of anilines is 1. The molecule has 1 N–H and O–H groups in total. The smallest absolute Gasteiger partial charge is 0.341 e. The molecule has 6 heteroatoms. The Kier molecular flexibility index (Phi) is 5.53. The predicted octanol–water partition coefficient (Wildman–Crippen LogP) is 4.14. The molecule has 0 saturated carbocycles. The molecule has 26 heavy (non-hydrogen) atoms. The summed E-state index contributed by atoms with van der Waals surface area (Å²) in [6, 6.07) is 16.7.